The standard InChI is InChI=1S/C12H13ClN2OS/c1-8(2)11-14-15-12(16-11)17-7-9-3-5-10(13)6-4-9/h3-6,8H,7H2,1-2H3. The molecular weight excluding hydrogens is 256 g/mol. The fourth-order valence-electron chi connectivity index (χ4n) is 1.24. The number of hydrogen-bond acceptors (Lipinski definition) is 4. The van der Waals surface area contributed by atoms with E-state index < -0.39 is 0 Å². The van der Waals surface area contributed by atoms with Gasteiger partial charge in [0, 0.05) is 16.7 Å². The third-order valence-electron chi connectivity index (χ3n) is 2.19. The van der Waals surface area contributed by atoms with Crippen LogP contribution in [-0.4, -0.2) is 10.2 Å². The molecule has 90 valence electrons. The van der Waals surface area contributed by atoms with Crippen LogP contribution in [0.2, 0.25) is 5.02 Å². The zero-order valence-electron chi connectivity index (χ0n) is 9.68. The highest BCUT2D eigenvalue weighted by Crippen LogP contribution is 2.24. The average molecular weight is 269 g/mol. The van der Waals surface area contributed by atoms with E-state index >= 15 is 0 Å². The minimum Gasteiger partial charge on any atom is -0.416 e. The van der Waals surface area contributed by atoms with Gasteiger partial charge in [0.2, 0.25) is 5.89 Å². The van der Waals surface area contributed by atoms with Crippen LogP contribution in [0.4, 0.5) is 0 Å². The van der Waals surface area contributed by atoms with Gasteiger partial charge in [0.15, 0.2) is 0 Å². The van der Waals surface area contributed by atoms with Gasteiger partial charge in [-0.1, -0.05) is 49.3 Å². The van der Waals surface area contributed by atoms with Crippen molar-refractivity contribution in [1.29, 1.82) is 0 Å². The van der Waals surface area contributed by atoms with Gasteiger partial charge in [0.25, 0.3) is 5.22 Å². The molecule has 0 aliphatic heterocycles. The molecule has 2 rings (SSSR count). The van der Waals surface area contributed by atoms with Crippen molar-refractivity contribution >= 4 is 23.4 Å². The van der Waals surface area contributed by atoms with E-state index in [-0.39, 0.29) is 5.92 Å². The first-order chi connectivity index (χ1) is 8.15. The predicted octanol–water partition coefficient (Wildman–Crippen LogP) is 4.14. The summed E-state index contributed by atoms with van der Waals surface area (Å²) in [5.41, 5.74) is 1.18. The molecule has 0 fully saturated rings. The van der Waals surface area contributed by atoms with Crippen LogP contribution in [0.3, 0.4) is 0 Å². The summed E-state index contributed by atoms with van der Waals surface area (Å²) in [4.78, 5) is 0. The lowest BCUT2D eigenvalue weighted by molar-refractivity contribution is 0.398. The minimum absolute atomic E-state index is 0.271. The highest BCUT2D eigenvalue weighted by molar-refractivity contribution is 7.98. The minimum atomic E-state index is 0.271. The first-order valence-electron chi connectivity index (χ1n) is 5.36. The molecule has 0 aliphatic rings. The molecular formula is C12H13ClN2OS. The normalized spacial score (nSPS) is 11.1. The average Bonchev–Trinajstić information content (AvgIpc) is 2.77. The Labute approximate surface area is 110 Å². The molecule has 0 radical (unpaired) electrons. The Morgan fingerprint density at radius 1 is 1.24 bits per heavy atom. The largest absolute Gasteiger partial charge is 0.416 e. The molecule has 2 aromatic rings. The molecule has 1 aromatic heterocycles. The molecule has 0 N–H and O–H groups in total. The van der Waals surface area contributed by atoms with Crippen LogP contribution in [0.1, 0.15) is 31.2 Å². The monoisotopic (exact) mass is 268 g/mol. The van der Waals surface area contributed by atoms with Crippen molar-refractivity contribution in [3.05, 3.63) is 40.7 Å². The summed E-state index contributed by atoms with van der Waals surface area (Å²) in [7, 11) is 0. The van der Waals surface area contributed by atoms with Gasteiger partial charge in [-0.3, -0.25) is 0 Å². The van der Waals surface area contributed by atoms with Crippen LogP contribution in [0.25, 0.3) is 0 Å². The summed E-state index contributed by atoms with van der Waals surface area (Å²) in [5.74, 6) is 1.76. The number of aromatic nitrogens is 2. The van der Waals surface area contributed by atoms with E-state index in [1.807, 2.05) is 38.1 Å². The Kier molecular flexibility index (Phi) is 4.07. The van der Waals surface area contributed by atoms with E-state index in [1.54, 1.807) is 0 Å². The number of hydrogen-bond donors (Lipinski definition) is 0. The quantitative estimate of drug-likeness (QED) is 0.781. The molecule has 17 heavy (non-hydrogen) atoms. The smallest absolute Gasteiger partial charge is 0.276 e. The van der Waals surface area contributed by atoms with Gasteiger partial charge in [-0.15, -0.1) is 10.2 Å². The van der Waals surface area contributed by atoms with Crippen molar-refractivity contribution in [3.8, 4) is 0 Å². The Morgan fingerprint density at radius 2 is 1.94 bits per heavy atom. The fraction of sp³-hybridized carbons (Fsp3) is 0.333. The fourth-order valence-corrected chi connectivity index (χ4v) is 2.09. The summed E-state index contributed by atoms with van der Waals surface area (Å²) in [6.45, 7) is 4.06. The molecule has 0 amide bonds. The van der Waals surface area contributed by atoms with Crippen molar-refractivity contribution in [2.75, 3.05) is 0 Å². The Bertz CT molecular complexity index is 482. The molecule has 0 spiro atoms. The SMILES string of the molecule is CC(C)c1nnc(SCc2ccc(Cl)cc2)o1. The number of rotatable bonds is 4. The molecule has 0 bridgehead atoms. The van der Waals surface area contributed by atoms with Gasteiger partial charge in [0.1, 0.15) is 0 Å². The lowest BCUT2D eigenvalue weighted by Crippen LogP contribution is -1.85. The summed E-state index contributed by atoms with van der Waals surface area (Å²) in [6.07, 6.45) is 0. The predicted molar refractivity (Wildman–Crippen MR) is 69.4 cm³/mol. The second-order valence-electron chi connectivity index (χ2n) is 3.98. The van der Waals surface area contributed by atoms with Crippen molar-refractivity contribution in [1.82, 2.24) is 10.2 Å². The summed E-state index contributed by atoms with van der Waals surface area (Å²) < 4.78 is 5.51. The molecule has 0 unspecified atom stereocenters. The van der Waals surface area contributed by atoms with E-state index in [0.29, 0.717) is 11.1 Å². The van der Waals surface area contributed by atoms with E-state index in [0.717, 1.165) is 10.8 Å². The lowest BCUT2D eigenvalue weighted by atomic mass is 10.2. The highest BCUT2D eigenvalue weighted by Gasteiger charge is 2.09. The van der Waals surface area contributed by atoms with Gasteiger partial charge in [-0.25, -0.2) is 0 Å². The van der Waals surface area contributed by atoms with Gasteiger partial charge in [-0.2, -0.15) is 0 Å². The van der Waals surface area contributed by atoms with Crippen LogP contribution in [0, 0.1) is 0 Å². The lowest BCUT2D eigenvalue weighted by Gasteiger charge is -1.98. The van der Waals surface area contributed by atoms with Crippen LogP contribution in [0.15, 0.2) is 33.9 Å². The topological polar surface area (TPSA) is 38.9 Å². The summed E-state index contributed by atoms with van der Waals surface area (Å²) in [5, 5.41) is 9.34. The van der Waals surface area contributed by atoms with Gasteiger partial charge in [0.05, 0.1) is 0 Å². The van der Waals surface area contributed by atoms with Crippen molar-refractivity contribution < 1.29 is 4.42 Å². The molecule has 3 nitrogen and oxygen atoms in total. The zero-order valence-corrected chi connectivity index (χ0v) is 11.3. The molecule has 0 aliphatic carbocycles. The van der Waals surface area contributed by atoms with Crippen LogP contribution in [-0.2, 0) is 5.75 Å². The Hall–Kier alpha value is -1.00. The second-order valence-corrected chi connectivity index (χ2v) is 5.34. The Balaban J connectivity index is 1.95. The van der Waals surface area contributed by atoms with Crippen LogP contribution < -0.4 is 0 Å². The molecule has 0 atom stereocenters. The molecule has 0 saturated carbocycles. The summed E-state index contributed by atoms with van der Waals surface area (Å²) in [6, 6.07) is 7.75. The maximum Gasteiger partial charge on any atom is 0.276 e. The Morgan fingerprint density at radius 3 is 2.53 bits per heavy atom. The summed E-state index contributed by atoms with van der Waals surface area (Å²) >= 11 is 7.35. The first kappa shape index (κ1) is 12.5. The van der Waals surface area contributed by atoms with E-state index in [9.17, 15) is 0 Å². The van der Waals surface area contributed by atoms with E-state index in [2.05, 4.69) is 10.2 Å². The van der Waals surface area contributed by atoms with Crippen molar-refractivity contribution in [3.63, 3.8) is 0 Å². The first-order valence-corrected chi connectivity index (χ1v) is 6.72. The number of benzene rings is 1. The third-order valence-corrected chi connectivity index (χ3v) is 3.33. The number of nitrogens with zero attached hydrogens (tertiary/aromatic N) is 2. The van der Waals surface area contributed by atoms with Gasteiger partial charge < -0.3 is 4.42 Å². The molecule has 0 saturated heterocycles. The molecule has 1 heterocycles. The van der Waals surface area contributed by atoms with Crippen molar-refractivity contribution in [2.45, 2.75) is 30.7 Å². The number of thioether (sulfide) groups is 1. The number of halogens is 1. The van der Waals surface area contributed by atoms with Crippen LogP contribution >= 0.6 is 23.4 Å². The molecule has 1 aromatic carbocycles. The molecule has 5 heteroatoms. The van der Waals surface area contributed by atoms with E-state index in [1.165, 1.54) is 17.3 Å². The zero-order chi connectivity index (χ0) is 12.3. The van der Waals surface area contributed by atoms with E-state index in [4.69, 9.17) is 16.0 Å². The maximum absolute atomic E-state index is 5.82. The van der Waals surface area contributed by atoms with Gasteiger partial charge in [-0.05, 0) is 17.7 Å². The third kappa shape index (κ3) is 3.48. The highest BCUT2D eigenvalue weighted by atomic mass is 35.5. The maximum atomic E-state index is 5.82. The van der Waals surface area contributed by atoms with Crippen LogP contribution in [0.5, 0.6) is 0 Å². The van der Waals surface area contributed by atoms with Crippen molar-refractivity contribution in [2.24, 2.45) is 0 Å². The van der Waals surface area contributed by atoms with Gasteiger partial charge >= 0.3 is 0 Å². The second kappa shape index (κ2) is 5.56.